The molecule has 0 fully saturated rings. The van der Waals surface area contributed by atoms with E-state index in [0.29, 0.717) is 28.5 Å². The Bertz CT molecular complexity index is 859. The molecule has 0 bridgehead atoms. The lowest BCUT2D eigenvalue weighted by molar-refractivity contribution is 0.0943. The molecule has 0 aliphatic carbocycles. The summed E-state index contributed by atoms with van der Waals surface area (Å²) in [6.07, 6.45) is 0. The SMILES string of the molecule is NNC(=O)c1cc(-c2ccc(F)cc2)nn1Cc1ccc(Cl)cc1. The van der Waals surface area contributed by atoms with Crippen LogP contribution in [-0.4, -0.2) is 15.7 Å². The summed E-state index contributed by atoms with van der Waals surface area (Å²) in [6, 6.07) is 14.8. The fraction of sp³-hybridized carbons (Fsp3) is 0.0588. The molecule has 1 amide bonds. The fourth-order valence-corrected chi connectivity index (χ4v) is 2.44. The van der Waals surface area contributed by atoms with Gasteiger partial charge >= 0.3 is 0 Å². The summed E-state index contributed by atoms with van der Waals surface area (Å²) in [5.74, 6) is 4.46. The first kappa shape index (κ1) is 16.2. The molecule has 1 heterocycles. The van der Waals surface area contributed by atoms with Crippen LogP contribution in [0.2, 0.25) is 5.02 Å². The number of amides is 1. The minimum Gasteiger partial charge on any atom is -0.289 e. The van der Waals surface area contributed by atoms with Crippen LogP contribution >= 0.6 is 11.6 Å². The highest BCUT2D eigenvalue weighted by atomic mass is 35.5. The number of rotatable bonds is 4. The summed E-state index contributed by atoms with van der Waals surface area (Å²) < 4.78 is 14.6. The topological polar surface area (TPSA) is 72.9 Å². The maximum Gasteiger partial charge on any atom is 0.283 e. The third-order valence-corrected chi connectivity index (χ3v) is 3.78. The Labute approximate surface area is 142 Å². The average molecular weight is 345 g/mol. The van der Waals surface area contributed by atoms with Gasteiger partial charge in [-0.1, -0.05) is 23.7 Å². The Morgan fingerprint density at radius 3 is 2.46 bits per heavy atom. The van der Waals surface area contributed by atoms with E-state index >= 15 is 0 Å². The maximum atomic E-state index is 13.1. The van der Waals surface area contributed by atoms with E-state index in [4.69, 9.17) is 17.4 Å². The molecule has 0 aliphatic rings. The number of hydrogen-bond donors (Lipinski definition) is 2. The third kappa shape index (κ3) is 3.45. The Balaban J connectivity index is 1.98. The van der Waals surface area contributed by atoms with Crippen molar-refractivity contribution in [2.75, 3.05) is 0 Å². The number of carbonyl (C=O) groups is 1. The van der Waals surface area contributed by atoms with E-state index < -0.39 is 5.91 Å². The minimum absolute atomic E-state index is 0.312. The Hall–Kier alpha value is -2.70. The molecular weight excluding hydrogens is 331 g/mol. The molecular formula is C17H14ClFN4O. The van der Waals surface area contributed by atoms with Gasteiger partial charge in [0.25, 0.3) is 5.91 Å². The highest BCUT2D eigenvalue weighted by Gasteiger charge is 2.16. The van der Waals surface area contributed by atoms with Crippen LogP contribution in [0.5, 0.6) is 0 Å². The van der Waals surface area contributed by atoms with Gasteiger partial charge in [0.1, 0.15) is 11.5 Å². The second-order valence-corrected chi connectivity index (χ2v) is 5.62. The van der Waals surface area contributed by atoms with Gasteiger partial charge in [0, 0.05) is 10.6 Å². The summed E-state index contributed by atoms with van der Waals surface area (Å²) in [5.41, 5.74) is 4.62. The number of hydrogen-bond acceptors (Lipinski definition) is 3. The molecule has 5 nitrogen and oxygen atoms in total. The summed E-state index contributed by atoms with van der Waals surface area (Å²) in [7, 11) is 0. The van der Waals surface area contributed by atoms with E-state index in [0.717, 1.165) is 5.56 Å². The van der Waals surface area contributed by atoms with Crippen molar-refractivity contribution in [2.45, 2.75) is 6.54 Å². The number of carbonyl (C=O) groups excluding carboxylic acids is 1. The second kappa shape index (κ2) is 6.82. The van der Waals surface area contributed by atoms with Gasteiger partial charge in [-0.05, 0) is 48.0 Å². The van der Waals surface area contributed by atoms with Crippen molar-refractivity contribution in [1.29, 1.82) is 0 Å². The van der Waals surface area contributed by atoms with E-state index in [1.807, 2.05) is 12.1 Å². The predicted molar refractivity (Wildman–Crippen MR) is 89.8 cm³/mol. The molecule has 0 saturated carbocycles. The molecule has 3 aromatic rings. The van der Waals surface area contributed by atoms with Gasteiger partial charge in [-0.2, -0.15) is 5.10 Å². The molecule has 2 aromatic carbocycles. The number of nitrogen functional groups attached to an aromatic ring is 1. The third-order valence-electron chi connectivity index (χ3n) is 3.53. The molecule has 0 unspecified atom stereocenters. The summed E-state index contributed by atoms with van der Waals surface area (Å²) in [6.45, 7) is 0.376. The van der Waals surface area contributed by atoms with Crippen molar-refractivity contribution in [3.63, 3.8) is 0 Å². The van der Waals surface area contributed by atoms with Crippen LogP contribution in [-0.2, 0) is 6.54 Å². The van der Waals surface area contributed by atoms with Crippen molar-refractivity contribution < 1.29 is 9.18 Å². The maximum absolute atomic E-state index is 13.1. The van der Waals surface area contributed by atoms with Crippen molar-refractivity contribution >= 4 is 17.5 Å². The van der Waals surface area contributed by atoms with Crippen molar-refractivity contribution in [1.82, 2.24) is 15.2 Å². The van der Waals surface area contributed by atoms with Crippen molar-refractivity contribution in [2.24, 2.45) is 5.84 Å². The highest BCUT2D eigenvalue weighted by Crippen LogP contribution is 2.21. The lowest BCUT2D eigenvalue weighted by Crippen LogP contribution is -2.32. The number of hydrazine groups is 1. The number of nitrogens with two attached hydrogens (primary N) is 1. The number of halogens is 2. The standard InChI is InChI=1S/C17H14ClFN4O/c18-13-5-1-11(2-6-13)10-23-16(17(24)21-20)9-15(22-23)12-3-7-14(19)8-4-12/h1-9H,10,20H2,(H,21,24). The first-order valence-corrected chi connectivity index (χ1v) is 7.54. The first-order chi connectivity index (χ1) is 11.6. The number of nitrogens with zero attached hydrogens (tertiary/aromatic N) is 2. The monoisotopic (exact) mass is 344 g/mol. The van der Waals surface area contributed by atoms with Gasteiger partial charge in [-0.15, -0.1) is 0 Å². The zero-order valence-electron chi connectivity index (χ0n) is 12.5. The van der Waals surface area contributed by atoms with Crippen LogP contribution < -0.4 is 11.3 Å². The Morgan fingerprint density at radius 2 is 1.83 bits per heavy atom. The summed E-state index contributed by atoms with van der Waals surface area (Å²) in [5, 5.41) is 5.07. The van der Waals surface area contributed by atoms with Gasteiger partial charge in [0.15, 0.2) is 0 Å². The number of aromatic nitrogens is 2. The molecule has 3 N–H and O–H groups in total. The molecule has 122 valence electrons. The molecule has 1 aromatic heterocycles. The largest absolute Gasteiger partial charge is 0.289 e. The fourth-order valence-electron chi connectivity index (χ4n) is 2.32. The van der Waals surface area contributed by atoms with Gasteiger partial charge in [0.05, 0.1) is 12.2 Å². The van der Waals surface area contributed by atoms with E-state index in [1.165, 1.54) is 12.1 Å². The number of benzene rings is 2. The summed E-state index contributed by atoms with van der Waals surface area (Å²) >= 11 is 5.88. The zero-order chi connectivity index (χ0) is 17.1. The van der Waals surface area contributed by atoms with Gasteiger partial charge in [0.2, 0.25) is 0 Å². The molecule has 0 atom stereocenters. The smallest absolute Gasteiger partial charge is 0.283 e. The molecule has 3 rings (SSSR count). The molecule has 0 spiro atoms. The van der Waals surface area contributed by atoms with E-state index in [1.54, 1.807) is 35.0 Å². The lowest BCUT2D eigenvalue weighted by Gasteiger charge is -2.06. The Morgan fingerprint density at radius 1 is 1.17 bits per heavy atom. The highest BCUT2D eigenvalue weighted by molar-refractivity contribution is 6.30. The van der Waals surface area contributed by atoms with Gasteiger partial charge in [-0.25, -0.2) is 10.2 Å². The van der Waals surface area contributed by atoms with Crippen LogP contribution in [0.15, 0.2) is 54.6 Å². The molecule has 7 heteroatoms. The van der Waals surface area contributed by atoms with Gasteiger partial charge in [-0.3, -0.25) is 14.9 Å². The second-order valence-electron chi connectivity index (χ2n) is 5.18. The van der Waals surface area contributed by atoms with Crippen LogP contribution in [0.4, 0.5) is 4.39 Å². The molecule has 0 saturated heterocycles. The summed E-state index contributed by atoms with van der Waals surface area (Å²) in [4.78, 5) is 12.0. The first-order valence-electron chi connectivity index (χ1n) is 7.16. The van der Waals surface area contributed by atoms with Crippen molar-refractivity contribution in [3.05, 3.63) is 76.7 Å². The van der Waals surface area contributed by atoms with Crippen LogP contribution in [0.25, 0.3) is 11.3 Å². The lowest BCUT2D eigenvalue weighted by atomic mass is 10.1. The van der Waals surface area contributed by atoms with E-state index in [9.17, 15) is 9.18 Å². The normalized spacial score (nSPS) is 10.6. The minimum atomic E-state index is -0.454. The number of nitrogens with one attached hydrogen (secondary N) is 1. The van der Waals surface area contributed by atoms with Crippen LogP contribution in [0, 0.1) is 5.82 Å². The van der Waals surface area contributed by atoms with Crippen LogP contribution in [0.3, 0.4) is 0 Å². The van der Waals surface area contributed by atoms with Gasteiger partial charge < -0.3 is 0 Å². The average Bonchev–Trinajstić information content (AvgIpc) is 3.00. The van der Waals surface area contributed by atoms with E-state index in [2.05, 4.69) is 10.5 Å². The zero-order valence-corrected chi connectivity index (χ0v) is 13.3. The quantitative estimate of drug-likeness (QED) is 0.434. The predicted octanol–water partition coefficient (Wildman–Crippen LogP) is 2.99. The molecule has 0 radical (unpaired) electrons. The van der Waals surface area contributed by atoms with E-state index in [-0.39, 0.29) is 5.82 Å². The molecule has 24 heavy (non-hydrogen) atoms. The van der Waals surface area contributed by atoms with Crippen molar-refractivity contribution in [3.8, 4) is 11.3 Å². The molecule has 0 aliphatic heterocycles. The van der Waals surface area contributed by atoms with Crippen LogP contribution in [0.1, 0.15) is 16.1 Å². The Kier molecular flexibility index (Phi) is 4.59.